The van der Waals surface area contributed by atoms with Gasteiger partial charge >= 0.3 is 0 Å². The molecule has 0 fully saturated rings. The fourth-order valence-corrected chi connectivity index (χ4v) is 2.47. The SMILES string of the molecule is Cn1nc(C(=O)NCCc2ccc(Cl)cc2)cc1NC(=O)c1ccco1. The van der Waals surface area contributed by atoms with Crippen LogP contribution >= 0.6 is 11.6 Å². The lowest BCUT2D eigenvalue weighted by molar-refractivity contribution is 0.0947. The van der Waals surface area contributed by atoms with Crippen LogP contribution in [-0.4, -0.2) is 28.1 Å². The second-order valence-corrected chi connectivity index (χ2v) is 6.04. The Morgan fingerprint density at radius 2 is 1.96 bits per heavy atom. The van der Waals surface area contributed by atoms with E-state index in [0.29, 0.717) is 23.8 Å². The number of halogens is 1. The summed E-state index contributed by atoms with van der Waals surface area (Å²) in [5.74, 6) is -0.143. The predicted molar refractivity (Wildman–Crippen MR) is 97.4 cm³/mol. The average Bonchev–Trinajstić information content (AvgIpc) is 3.27. The zero-order valence-electron chi connectivity index (χ0n) is 14.0. The number of rotatable bonds is 6. The molecule has 2 aromatic heterocycles. The number of amides is 2. The Labute approximate surface area is 154 Å². The lowest BCUT2D eigenvalue weighted by Crippen LogP contribution is -2.26. The number of nitrogens with one attached hydrogen (secondary N) is 2. The molecule has 26 heavy (non-hydrogen) atoms. The number of hydrogen-bond acceptors (Lipinski definition) is 4. The zero-order valence-corrected chi connectivity index (χ0v) is 14.8. The lowest BCUT2D eigenvalue weighted by Gasteiger charge is -2.03. The number of hydrogen-bond donors (Lipinski definition) is 2. The topological polar surface area (TPSA) is 89.2 Å². The molecule has 0 atom stereocenters. The summed E-state index contributed by atoms with van der Waals surface area (Å²) in [6.07, 6.45) is 2.09. The summed E-state index contributed by atoms with van der Waals surface area (Å²) in [6.45, 7) is 0.463. The number of benzene rings is 1. The smallest absolute Gasteiger partial charge is 0.292 e. The molecular formula is C18H17ClN4O3. The molecule has 0 radical (unpaired) electrons. The lowest BCUT2D eigenvalue weighted by atomic mass is 10.1. The highest BCUT2D eigenvalue weighted by Gasteiger charge is 2.16. The van der Waals surface area contributed by atoms with Gasteiger partial charge in [-0.15, -0.1) is 0 Å². The molecule has 2 heterocycles. The van der Waals surface area contributed by atoms with Crippen molar-refractivity contribution in [2.45, 2.75) is 6.42 Å². The van der Waals surface area contributed by atoms with Crippen LogP contribution in [0.15, 0.2) is 53.1 Å². The van der Waals surface area contributed by atoms with Crippen LogP contribution in [0.2, 0.25) is 5.02 Å². The van der Waals surface area contributed by atoms with Gasteiger partial charge in [-0.05, 0) is 36.2 Å². The van der Waals surface area contributed by atoms with Crippen molar-refractivity contribution in [1.29, 1.82) is 0 Å². The first kappa shape index (κ1) is 17.8. The molecule has 0 aliphatic carbocycles. The molecule has 0 unspecified atom stereocenters. The highest BCUT2D eigenvalue weighted by molar-refractivity contribution is 6.30. The Morgan fingerprint density at radius 1 is 1.19 bits per heavy atom. The van der Waals surface area contributed by atoms with E-state index in [4.69, 9.17) is 16.0 Å². The van der Waals surface area contributed by atoms with Gasteiger partial charge in [0.05, 0.1) is 6.26 Å². The van der Waals surface area contributed by atoms with Crippen molar-refractivity contribution in [1.82, 2.24) is 15.1 Å². The van der Waals surface area contributed by atoms with E-state index in [9.17, 15) is 9.59 Å². The Kier molecular flexibility index (Phi) is 5.38. The highest BCUT2D eigenvalue weighted by atomic mass is 35.5. The Bertz CT molecular complexity index is 901. The molecule has 7 nitrogen and oxygen atoms in total. The van der Waals surface area contributed by atoms with Crippen LogP contribution < -0.4 is 10.6 Å². The first-order valence-corrected chi connectivity index (χ1v) is 8.32. The first-order valence-electron chi connectivity index (χ1n) is 7.94. The van der Waals surface area contributed by atoms with Crippen molar-refractivity contribution >= 4 is 29.2 Å². The number of anilines is 1. The number of furan rings is 1. The van der Waals surface area contributed by atoms with Crippen molar-refractivity contribution in [3.05, 3.63) is 70.8 Å². The molecule has 8 heteroatoms. The van der Waals surface area contributed by atoms with E-state index >= 15 is 0 Å². The summed E-state index contributed by atoms with van der Waals surface area (Å²) >= 11 is 5.85. The standard InChI is InChI=1S/C18H17ClN4O3/c1-23-16(21-18(25)15-3-2-10-26-15)11-14(22-23)17(24)20-9-8-12-4-6-13(19)7-5-12/h2-7,10-11H,8-9H2,1H3,(H,20,24)(H,21,25). The van der Waals surface area contributed by atoms with Gasteiger partial charge in [-0.2, -0.15) is 5.10 Å². The maximum absolute atomic E-state index is 12.2. The van der Waals surface area contributed by atoms with Gasteiger partial charge in [-0.1, -0.05) is 23.7 Å². The quantitative estimate of drug-likeness (QED) is 0.696. The fraction of sp³-hybridized carbons (Fsp3) is 0.167. The van der Waals surface area contributed by atoms with E-state index in [1.54, 1.807) is 19.2 Å². The summed E-state index contributed by atoms with van der Waals surface area (Å²) in [5, 5.41) is 10.3. The van der Waals surface area contributed by atoms with Gasteiger partial charge in [-0.3, -0.25) is 14.3 Å². The fourth-order valence-electron chi connectivity index (χ4n) is 2.34. The van der Waals surface area contributed by atoms with E-state index in [1.165, 1.54) is 17.0 Å². The summed E-state index contributed by atoms with van der Waals surface area (Å²) < 4.78 is 6.46. The van der Waals surface area contributed by atoms with Crippen molar-refractivity contribution in [2.24, 2.45) is 7.05 Å². The maximum atomic E-state index is 12.2. The van der Waals surface area contributed by atoms with E-state index in [1.807, 2.05) is 24.3 Å². The van der Waals surface area contributed by atoms with Gasteiger partial charge in [-0.25, -0.2) is 0 Å². The van der Waals surface area contributed by atoms with Gasteiger partial charge in [0.15, 0.2) is 11.5 Å². The van der Waals surface area contributed by atoms with Gasteiger partial charge < -0.3 is 15.1 Å². The third-order valence-corrected chi connectivity index (χ3v) is 3.96. The minimum atomic E-state index is -0.410. The molecule has 0 aliphatic rings. The second-order valence-electron chi connectivity index (χ2n) is 5.60. The highest BCUT2D eigenvalue weighted by Crippen LogP contribution is 2.12. The van der Waals surface area contributed by atoms with Gasteiger partial charge in [0.25, 0.3) is 11.8 Å². The number of aromatic nitrogens is 2. The largest absolute Gasteiger partial charge is 0.459 e. The van der Waals surface area contributed by atoms with Crippen LogP contribution in [0.25, 0.3) is 0 Å². The Balaban J connectivity index is 1.56. The number of carbonyl (C=O) groups is 2. The molecule has 2 N–H and O–H groups in total. The van der Waals surface area contributed by atoms with E-state index in [0.717, 1.165) is 5.56 Å². The number of aryl methyl sites for hydroxylation is 1. The van der Waals surface area contributed by atoms with Gasteiger partial charge in [0.2, 0.25) is 0 Å². The van der Waals surface area contributed by atoms with Crippen molar-refractivity contribution in [2.75, 3.05) is 11.9 Å². The second kappa shape index (κ2) is 7.88. The molecular weight excluding hydrogens is 356 g/mol. The number of carbonyl (C=O) groups excluding carboxylic acids is 2. The molecule has 1 aromatic carbocycles. The number of nitrogens with zero attached hydrogens (tertiary/aromatic N) is 2. The third-order valence-electron chi connectivity index (χ3n) is 3.71. The van der Waals surface area contributed by atoms with Crippen molar-refractivity contribution < 1.29 is 14.0 Å². The summed E-state index contributed by atoms with van der Waals surface area (Å²) in [7, 11) is 1.64. The van der Waals surface area contributed by atoms with Gasteiger partial charge in [0.1, 0.15) is 5.82 Å². The molecule has 0 aliphatic heterocycles. The van der Waals surface area contributed by atoms with E-state index in [2.05, 4.69) is 15.7 Å². The molecule has 0 bridgehead atoms. The Hall–Kier alpha value is -3.06. The summed E-state index contributed by atoms with van der Waals surface area (Å²) in [5.41, 5.74) is 1.29. The molecule has 134 valence electrons. The molecule has 0 saturated carbocycles. The minimum Gasteiger partial charge on any atom is -0.459 e. The van der Waals surface area contributed by atoms with Crippen LogP contribution in [0.1, 0.15) is 26.6 Å². The molecule has 0 spiro atoms. The Morgan fingerprint density at radius 3 is 2.65 bits per heavy atom. The molecule has 3 aromatic rings. The average molecular weight is 373 g/mol. The van der Waals surface area contributed by atoms with Gasteiger partial charge in [0, 0.05) is 24.7 Å². The van der Waals surface area contributed by atoms with Crippen LogP contribution in [-0.2, 0) is 13.5 Å². The molecule has 0 saturated heterocycles. The molecule has 2 amide bonds. The van der Waals surface area contributed by atoms with E-state index in [-0.39, 0.29) is 17.4 Å². The summed E-state index contributed by atoms with van der Waals surface area (Å²) in [6, 6.07) is 12.1. The maximum Gasteiger partial charge on any atom is 0.292 e. The third kappa shape index (κ3) is 4.31. The first-order chi connectivity index (χ1) is 12.5. The van der Waals surface area contributed by atoms with E-state index < -0.39 is 5.91 Å². The van der Waals surface area contributed by atoms with Crippen molar-refractivity contribution in [3.8, 4) is 0 Å². The summed E-state index contributed by atoms with van der Waals surface area (Å²) in [4.78, 5) is 24.2. The minimum absolute atomic E-state index is 0.181. The van der Waals surface area contributed by atoms with Crippen LogP contribution in [0, 0.1) is 0 Å². The molecule has 3 rings (SSSR count). The van der Waals surface area contributed by atoms with Crippen LogP contribution in [0.4, 0.5) is 5.82 Å². The predicted octanol–water partition coefficient (Wildman–Crippen LogP) is 2.89. The normalized spacial score (nSPS) is 10.5. The van der Waals surface area contributed by atoms with Crippen molar-refractivity contribution in [3.63, 3.8) is 0 Å². The monoisotopic (exact) mass is 372 g/mol. The van der Waals surface area contributed by atoms with Crippen LogP contribution in [0.5, 0.6) is 0 Å². The zero-order chi connectivity index (χ0) is 18.5. The van der Waals surface area contributed by atoms with Crippen LogP contribution in [0.3, 0.4) is 0 Å².